The predicted molar refractivity (Wildman–Crippen MR) is 66.8 cm³/mol. The lowest BCUT2D eigenvalue weighted by Crippen LogP contribution is -2.04. The van der Waals surface area contributed by atoms with Crippen molar-refractivity contribution in [2.75, 3.05) is 13.2 Å². The van der Waals surface area contributed by atoms with Crippen LogP contribution in [0.3, 0.4) is 0 Å². The SMILES string of the molecule is CCOC(=O)c1coc(Sc2nnc(C(=O)OCC)o2)n1. The third-order valence-electron chi connectivity index (χ3n) is 2.00. The fourth-order valence-electron chi connectivity index (χ4n) is 1.20. The molecule has 2 heterocycles. The van der Waals surface area contributed by atoms with Crippen LogP contribution in [-0.4, -0.2) is 40.3 Å². The first kappa shape index (κ1) is 15.0. The van der Waals surface area contributed by atoms with Gasteiger partial charge < -0.3 is 18.3 Å². The summed E-state index contributed by atoms with van der Waals surface area (Å²) in [4.78, 5) is 26.6. The Morgan fingerprint density at radius 3 is 2.57 bits per heavy atom. The Morgan fingerprint density at radius 2 is 1.86 bits per heavy atom. The number of carbonyl (C=O) groups excluding carboxylic acids is 2. The lowest BCUT2D eigenvalue weighted by molar-refractivity contribution is 0.0473. The van der Waals surface area contributed by atoms with Crippen molar-refractivity contribution in [3.8, 4) is 0 Å². The maximum Gasteiger partial charge on any atom is 0.396 e. The molecule has 0 fully saturated rings. The van der Waals surface area contributed by atoms with Gasteiger partial charge in [0, 0.05) is 11.8 Å². The average Bonchev–Trinajstić information content (AvgIpc) is 3.09. The van der Waals surface area contributed by atoms with E-state index in [-0.39, 0.29) is 35.2 Å². The molecule has 2 aromatic heterocycles. The molecule has 0 aromatic carbocycles. The summed E-state index contributed by atoms with van der Waals surface area (Å²) >= 11 is 0.867. The third-order valence-corrected chi connectivity index (χ3v) is 2.70. The first-order chi connectivity index (χ1) is 10.1. The van der Waals surface area contributed by atoms with Crippen LogP contribution in [0, 0.1) is 0 Å². The van der Waals surface area contributed by atoms with Crippen LogP contribution in [0.25, 0.3) is 0 Å². The lowest BCUT2D eigenvalue weighted by Gasteiger charge is -1.94. The van der Waals surface area contributed by atoms with E-state index in [4.69, 9.17) is 18.3 Å². The van der Waals surface area contributed by atoms with Crippen LogP contribution in [0.2, 0.25) is 0 Å². The highest BCUT2D eigenvalue weighted by atomic mass is 32.2. The smallest absolute Gasteiger partial charge is 0.396 e. The Hall–Kier alpha value is -2.36. The molecule has 10 heteroatoms. The van der Waals surface area contributed by atoms with Crippen molar-refractivity contribution in [2.24, 2.45) is 0 Å². The van der Waals surface area contributed by atoms with Crippen molar-refractivity contribution >= 4 is 23.7 Å². The van der Waals surface area contributed by atoms with E-state index in [9.17, 15) is 9.59 Å². The van der Waals surface area contributed by atoms with E-state index in [1.165, 1.54) is 0 Å². The minimum Gasteiger partial charge on any atom is -0.461 e. The van der Waals surface area contributed by atoms with Gasteiger partial charge in [0.1, 0.15) is 6.26 Å². The van der Waals surface area contributed by atoms with Gasteiger partial charge >= 0.3 is 17.8 Å². The highest BCUT2D eigenvalue weighted by molar-refractivity contribution is 7.98. The summed E-state index contributed by atoms with van der Waals surface area (Å²) in [6, 6.07) is 0. The Morgan fingerprint density at radius 1 is 1.14 bits per heavy atom. The molecule has 9 nitrogen and oxygen atoms in total. The zero-order chi connectivity index (χ0) is 15.2. The summed E-state index contributed by atoms with van der Waals surface area (Å²) < 4.78 is 19.6. The molecule has 0 aliphatic rings. The molecule has 0 saturated heterocycles. The molecule has 0 bridgehead atoms. The number of hydrogen-bond acceptors (Lipinski definition) is 10. The second kappa shape index (κ2) is 6.88. The van der Waals surface area contributed by atoms with Crippen LogP contribution in [0.5, 0.6) is 0 Å². The van der Waals surface area contributed by atoms with Gasteiger partial charge in [-0.25, -0.2) is 9.59 Å². The van der Waals surface area contributed by atoms with E-state index >= 15 is 0 Å². The molecule has 0 N–H and O–H groups in total. The number of ether oxygens (including phenoxy) is 2. The van der Waals surface area contributed by atoms with Crippen LogP contribution in [-0.2, 0) is 9.47 Å². The second-order valence-electron chi connectivity index (χ2n) is 3.41. The maximum atomic E-state index is 11.4. The molecule has 2 aromatic rings. The molecule has 0 unspecified atom stereocenters. The van der Waals surface area contributed by atoms with Gasteiger partial charge in [-0.1, -0.05) is 5.10 Å². The molecule has 0 aliphatic carbocycles. The fourth-order valence-corrected chi connectivity index (χ4v) is 1.80. The molecule has 0 radical (unpaired) electrons. The van der Waals surface area contributed by atoms with E-state index in [2.05, 4.69) is 15.2 Å². The fraction of sp³-hybridized carbons (Fsp3) is 0.364. The first-order valence-electron chi connectivity index (χ1n) is 5.95. The van der Waals surface area contributed by atoms with Gasteiger partial charge in [0.05, 0.1) is 13.2 Å². The number of carbonyl (C=O) groups is 2. The van der Waals surface area contributed by atoms with Gasteiger partial charge in [-0.3, -0.25) is 0 Å². The Kier molecular flexibility index (Phi) is 4.93. The second-order valence-corrected chi connectivity index (χ2v) is 4.32. The van der Waals surface area contributed by atoms with Crippen molar-refractivity contribution in [1.82, 2.24) is 15.2 Å². The van der Waals surface area contributed by atoms with E-state index in [0.29, 0.717) is 0 Å². The van der Waals surface area contributed by atoms with Gasteiger partial charge in [-0.2, -0.15) is 4.98 Å². The lowest BCUT2D eigenvalue weighted by atomic mass is 10.5. The molecule has 0 spiro atoms. The summed E-state index contributed by atoms with van der Waals surface area (Å²) in [5.74, 6) is -1.57. The average molecular weight is 313 g/mol. The van der Waals surface area contributed by atoms with Gasteiger partial charge in [-0.05, 0) is 13.8 Å². The number of nitrogens with zero attached hydrogens (tertiary/aromatic N) is 3. The molecule has 2 rings (SSSR count). The Balaban J connectivity index is 2.02. The third kappa shape index (κ3) is 3.81. The maximum absolute atomic E-state index is 11.4. The van der Waals surface area contributed by atoms with Crippen LogP contribution < -0.4 is 0 Å². The molecular weight excluding hydrogens is 302 g/mol. The van der Waals surface area contributed by atoms with Crippen molar-refractivity contribution in [2.45, 2.75) is 24.3 Å². The number of hydrogen-bond donors (Lipinski definition) is 0. The van der Waals surface area contributed by atoms with Crippen molar-refractivity contribution in [1.29, 1.82) is 0 Å². The minimum absolute atomic E-state index is 0.0319. The van der Waals surface area contributed by atoms with Crippen LogP contribution in [0.15, 0.2) is 25.5 Å². The monoisotopic (exact) mass is 313 g/mol. The molecule has 21 heavy (non-hydrogen) atoms. The summed E-state index contributed by atoms with van der Waals surface area (Å²) in [5, 5.41) is 7.31. The quantitative estimate of drug-likeness (QED) is 0.727. The van der Waals surface area contributed by atoms with Crippen molar-refractivity contribution in [3.05, 3.63) is 17.8 Å². The van der Waals surface area contributed by atoms with Gasteiger partial charge in [0.25, 0.3) is 10.4 Å². The van der Waals surface area contributed by atoms with Crippen molar-refractivity contribution in [3.63, 3.8) is 0 Å². The van der Waals surface area contributed by atoms with Gasteiger partial charge in [0.2, 0.25) is 0 Å². The largest absolute Gasteiger partial charge is 0.461 e. The molecular formula is C11H11N3O6S. The highest BCUT2D eigenvalue weighted by Crippen LogP contribution is 2.25. The summed E-state index contributed by atoms with van der Waals surface area (Å²) in [5.41, 5.74) is 0.0319. The van der Waals surface area contributed by atoms with Crippen molar-refractivity contribution < 1.29 is 27.9 Å². The summed E-state index contributed by atoms with van der Waals surface area (Å²) in [6.07, 6.45) is 1.16. The molecule has 0 saturated carbocycles. The Bertz CT molecular complexity index is 583. The number of oxazole rings is 1. The van der Waals surface area contributed by atoms with E-state index in [1.807, 2.05) is 0 Å². The normalized spacial score (nSPS) is 10.4. The summed E-state index contributed by atoms with van der Waals surface area (Å²) in [6.45, 7) is 3.78. The Labute approximate surface area is 123 Å². The van der Waals surface area contributed by atoms with E-state index in [0.717, 1.165) is 18.0 Å². The van der Waals surface area contributed by atoms with Gasteiger partial charge in [-0.15, -0.1) is 5.10 Å². The molecule has 112 valence electrons. The predicted octanol–water partition coefficient (Wildman–Crippen LogP) is 1.56. The minimum atomic E-state index is -0.712. The molecule has 0 atom stereocenters. The van der Waals surface area contributed by atoms with Crippen LogP contribution in [0.4, 0.5) is 0 Å². The topological polar surface area (TPSA) is 118 Å². The number of rotatable bonds is 6. The molecule has 0 aliphatic heterocycles. The highest BCUT2D eigenvalue weighted by Gasteiger charge is 2.19. The van der Waals surface area contributed by atoms with Crippen LogP contribution in [0.1, 0.15) is 35.0 Å². The zero-order valence-electron chi connectivity index (χ0n) is 11.2. The standard InChI is InChI=1S/C11H11N3O6S/c1-3-17-8(15)6-5-19-10(12-6)21-11-14-13-7(20-11)9(16)18-4-2/h5H,3-4H2,1-2H3. The number of aromatic nitrogens is 3. The van der Waals surface area contributed by atoms with E-state index < -0.39 is 11.9 Å². The first-order valence-corrected chi connectivity index (χ1v) is 6.76. The van der Waals surface area contributed by atoms with E-state index in [1.54, 1.807) is 13.8 Å². The van der Waals surface area contributed by atoms with Crippen LogP contribution >= 0.6 is 11.8 Å². The zero-order valence-corrected chi connectivity index (χ0v) is 12.0. The number of esters is 2. The van der Waals surface area contributed by atoms with Gasteiger partial charge in [0.15, 0.2) is 5.69 Å². The molecule has 0 amide bonds. The summed E-state index contributed by atoms with van der Waals surface area (Å²) in [7, 11) is 0.